The van der Waals surface area contributed by atoms with Gasteiger partial charge in [-0.3, -0.25) is 0 Å². The van der Waals surface area contributed by atoms with E-state index in [9.17, 15) is 0 Å². The second-order valence-corrected chi connectivity index (χ2v) is 4.87. The quantitative estimate of drug-likeness (QED) is 0.799. The summed E-state index contributed by atoms with van der Waals surface area (Å²) in [5, 5.41) is 1.03. The third-order valence-electron chi connectivity index (χ3n) is 3.17. The van der Waals surface area contributed by atoms with Gasteiger partial charge in [-0.2, -0.15) is 0 Å². The Morgan fingerprint density at radius 1 is 1.44 bits per heavy atom. The van der Waals surface area contributed by atoms with Crippen LogP contribution in [0.1, 0.15) is 31.9 Å². The number of hydrogen-bond acceptors (Lipinski definition) is 3. The van der Waals surface area contributed by atoms with Gasteiger partial charge in [0.05, 0.1) is 0 Å². The SMILES string of the molecule is CCc1cc(N2CCCCC2CBr)ncn1. The average Bonchev–Trinajstić information content (AvgIpc) is 2.38. The van der Waals surface area contributed by atoms with E-state index in [1.165, 1.54) is 19.3 Å². The maximum absolute atomic E-state index is 4.40. The van der Waals surface area contributed by atoms with Gasteiger partial charge in [-0.15, -0.1) is 0 Å². The highest BCUT2D eigenvalue weighted by Crippen LogP contribution is 2.24. The van der Waals surface area contributed by atoms with Crippen LogP contribution in [0, 0.1) is 0 Å². The molecule has 1 saturated heterocycles. The molecule has 0 saturated carbocycles. The molecular formula is C12H18BrN3. The predicted octanol–water partition coefficient (Wildman–Crippen LogP) is 2.79. The van der Waals surface area contributed by atoms with Gasteiger partial charge < -0.3 is 4.90 Å². The molecule has 1 aliphatic rings. The first-order valence-electron chi connectivity index (χ1n) is 5.98. The molecule has 3 nitrogen and oxygen atoms in total. The molecule has 16 heavy (non-hydrogen) atoms. The summed E-state index contributed by atoms with van der Waals surface area (Å²) in [5.74, 6) is 1.09. The Morgan fingerprint density at radius 3 is 3.06 bits per heavy atom. The van der Waals surface area contributed by atoms with Gasteiger partial charge >= 0.3 is 0 Å². The maximum atomic E-state index is 4.40. The summed E-state index contributed by atoms with van der Waals surface area (Å²) in [7, 11) is 0. The van der Waals surface area contributed by atoms with E-state index in [4.69, 9.17) is 0 Å². The summed E-state index contributed by atoms with van der Waals surface area (Å²) >= 11 is 3.60. The van der Waals surface area contributed by atoms with Gasteiger partial charge in [0.1, 0.15) is 12.1 Å². The molecule has 0 aliphatic carbocycles. The number of aromatic nitrogens is 2. The van der Waals surface area contributed by atoms with E-state index in [-0.39, 0.29) is 0 Å². The summed E-state index contributed by atoms with van der Waals surface area (Å²) in [6.45, 7) is 3.25. The van der Waals surface area contributed by atoms with Crippen molar-refractivity contribution in [1.82, 2.24) is 9.97 Å². The molecule has 2 rings (SSSR count). The average molecular weight is 284 g/mol. The van der Waals surface area contributed by atoms with E-state index in [0.717, 1.165) is 29.8 Å². The fraction of sp³-hybridized carbons (Fsp3) is 0.667. The van der Waals surface area contributed by atoms with Crippen LogP contribution in [0.2, 0.25) is 0 Å². The minimum absolute atomic E-state index is 0.591. The first-order chi connectivity index (χ1) is 7.85. The number of piperidine rings is 1. The van der Waals surface area contributed by atoms with Crippen LogP contribution in [0.15, 0.2) is 12.4 Å². The van der Waals surface area contributed by atoms with E-state index >= 15 is 0 Å². The van der Waals surface area contributed by atoms with E-state index in [0.29, 0.717) is 6.04 Å². The van der Waals surface area contributed by atoms with Gasteiger partial charge in [0.25, 0.3) is 0 Å². The van der Waals surface area contributed by atoms with Crippen molar-refractivity contribution < 1.29 is 0 Å². The number of aryl methyl sites for hydroxylation is 1. The van der Waals surface area contributed by atoms with Crippen molar-refractivity contribution in [2.24, 2.45) is 0 Å². The summed E-state index contributed by atoms with van der Waals surface area (Å²) in [6, 6.07) is 2.72. The molecule has 88 valence electrons. The van der Waals surface area contributed by atoms with Gasteiger partial charge in [-0.05, 0) is 25.7 Å². The summed E-state index contributed by atoms with van der Waals surface area (Å²) in [4.78, 5) is 11.1. The highest BCUT2D eigenvalue weighted by molar-refractivity contribution is 9.09. The second-order valence-electron chi connectivity index (χ2n) is 4.22. The third kappa shape index (κ3) is 2.54. The Kier molecular flexibility index (Phi) is 4.16. The summed E-state index contributed by atoms with van der Waals surface area (Å²) in [6.07, 6.45) is 6.53. The molecule has 1 atom stereocenters. The maximum Gasteiger partial charge on any atom is 0.132 e. The van der Waals surface area contributed by atoms with Gasteiger partial charge in [-0.1, -0.05) is 22.9 Å². The lowest BCUT2D eigenvalue weighted by molar-refractivity contribution is 0.487. The minimum Gasteiger partial charge on any atom is -0.353 e. The number of alkyl halides is 1. The molecule has 1 aromatic rings. The highest BCUT2D eigenvalue weighted by atomic mass is 79.9. The van der Waals surface area contributed by atoms with Gasteiger partial charge in [0, 0.05) is 29.7 Å². The summed E-state index contributed by atoms with van der Waals surface area (Å²) in [5.41, 5.74) is 1.13. The predicted molar refractivity (Wildman–Crippen MR) is 70.2 cm³/mol. The van der Waals surface area contributed by atoms with Crippen LogP contribution in [0.25, 0.3) is 0 Å². The van der Waals surface area contributed by atoms with Crippen molar-refractivity contribution in [1.29, 1.82) is 0 Å². The molecule has 0 spiro atoms. The number of hydrogen-bond donors (Lipinski definition) is 0. The Hall–Kier alpha value is -0.640. The zero-order valence-corrected chi connectivity index (χ0v) is 11.3. The fourth-order valence-corrected chi connectivity index (χ4v) is 2.87. The molecular weight excluding hydrogens is 266 g/mol. The van der Waals surface area contributed by atoms with E-state index in [1.54, 1.807) is 6.33 Å². The first kappa shape index (κ1) is 11.8. The molecule has 0 amide bonds. The van der Waals surface area contributed by atoms with Gasteiger partial charge in [-0.25, -0.2) is 9.97 Å². The number of rotatable bonds is 3. The Labute approximate surface area is 105 Å². The van der Waals surface area contributed by atoms with Crippen LogP contribution in [0.5, 0.6) is 0 Å². The largest absolute Gasteiger partial charge is 0.353 e. The van der Waals surface area contributed by atoms with Gasteiger partial charge in [0.15, 0.2) is 0 Å². The molecule has 0 bridgehead atoms. The van der Waals surface area contributed by atoms with Crippen molar-refractivity contribution in [2.75, 3.05) is 16.8 Å². The molecule has 0 aromatic carbocycles. The standard InChI is InChI=1S/C12H18BrN3/c1-2-10-7-12(15-9-14-10)16-6-4-3-5-11(16)8-13/h7,9,11H,2-6,8H2,1H3. The van der Waals surface area contributed by atoms with Crippen molar-refractivity contribution in [3.8, 4) is 0 Å². The zero-order valence-electron chi connectivity index (χ0n) is 9.69. The Bertz CT molecular complexity index is 343. The third-order valence-corrected chi connectivity index (χ3v) is 3.92. The molecule has 1 aliphatic heterocycles. The smallest absolute Gasteiger partial charge is 0.132 e. The lowest BCUT2D eigenvalue weighted by Gasteiger charge is -2.35. The molecule has 1 aromatic heterocycles. The molecule has 0 radical (unpaired) electrons. The Morgan fingerprint density at radius 2 is 2.31 bits per heavy atom. The number of halogens is 1. The topological polar surface area (TPSA) is 29.0 Å². The monoisotopic (exact) mass is 283 g/mol. The van der Waals surface area contributed by atoms with E-state index in [1.807, 2.05) is 0 Å². The van der Waals surface area contributed by atoms with Crippen molar-refractivity contribution >= 4 is 21.7 Å². The first-order valence-corrected chi connectivity index (χ1v) is 7.10. The minimum atomic E-state index is 0.591. The Balaban J connectivity index is 2.20. The van der Waals surface area contributed by atoms with Crippen molar-refractivity contribution in [2.45, 2.75) is 38.6 Å². The van der Waals surface area contributed by atoms with Crippen LogP contribution in [-0.2, 0) is 6.42 Å². The number of anilines is 1. The second kappa shape index (κ2) is 5.62. The van der Waals surface area contributed by atoms with Crippen LogP contribution in [0.4, 0.5) is 5.82 Å². The van der Waals surface area contributed by atoms with Crippen molar-refractivity contribution in [3.63, 3.8) is 0 Å². The molecule has 1 unspecified atom stereocenters. The summed E-state index contributed by atoms with van der Waals surface area (Å²) < 4.78 is 0. The van der Waals surface area contributed by atoms with Crippen LogP contribution in [0.3, 0.4) is 0 Å². The van der Waals surface area contributed by atoms with Crippen LogP contribution >= 0.6 is 15.9 Å². The lowest BCUT2D eigenvalue weighted by Crippen LogP contribution is -2.41. The van der Waals surface area contributed by atoms with Gasteiger partial charge in [0.2, 0.25) is 0 Å². The lowest BCUT2D eigenvalue weighted by atomic mass is 10.0. The molecule has 1 fully saturated rings. The van der Waals surface area contributed by atoms with Crippen LogP contribution < -0.4 is 4.90 Å². The fourth-order valence-electron chi connectivity index (χ4n) is 2.20. The van der Waals surface area contributed by atoms with Crippen molar-refractivity contribution in [3.05, 3.63) is 18.1 Å². The molecule has 2 heterocycles. The van der Waals surface area contributed by atoms with E-state index in [2.05, 4.69) is 43.8 Å². The molecule has 4 heteroatoms. The van der Waals surface area contributed by atoms with Crippen LogP contribution in [-0.4, -0.2) is 27.9 Å². The normalized spacial score (nSPS) is 21.1. The number of nitrogens with zero attached hydrogens (tertiary/aromatic N) is 3. The highest BCUT2D eigenvalue weighted by Gasteiger charge is 2.22. The molecule has 0 N–H and O–H groups in total. The van der Waals surface area contributed by atoms with E-state index < -0.39 is 0 Å². The zero-order chi connectivity index (χ0) is 11.4.